The third kappa shape index (κ3) is 8.11. The van der Waals surface area contributed by atoms with Crippen molar-refractivity contribution in [3.63, 3.8) is 0 Å². The summed E-state index contributed by atoms with van der Waals surface area (Å²) in [6.07, 6.45) is 2.71. The number of benzene rings is 2. The van der Waals surface area contributed by atoms with Gasteiger partial charge in [0, 0.05) is 35.1 Å². The molecule has 6 rings (SSSR count). The Labute approximate surface area is 264 Å². The molecule has 45 heavy (non-hydrogen) atoms. The number of pyridine rings is 2. The molecule has 6 heteroatoms. The number of ether oxygens (including phenoxy) is 1. The lowest BCUT2D eigenvalue weighted by Gasteiger charge is -2.29. The molecule has 0 bridgehead atoms. The summed E-state index contributed by atoms with van der Waals surface area (Å²) in [6.45, 7) is 8.34. The quantitative estimate of drug-likeness (QED) is 0.213. The van der Waals surface area contributed by atoms with E-state index in [1.165, 1.54) is 12.1 Å². The predicted octanol–water partition coefficient (Wildman–Crippen LogP) is 7.42. The monoisotopic (exact) mass is 598 g/mol. The molecule has 0 unspecified atom stereocenters. The Morgan fingerprint density at radius 3 is 1.62 bits per heavy atom. The van der Waals surface area contributed by atoms with Crippen LogP contribution in [0.25, 0.3) is 0 Å². The highest BCUT2D eigenvalue weighted by Gasteiger charge is 2.32. The minimum absolute atomic E-state index is 0.0318. The fourth-order valence-electron chi connectivity index (χ4n) is 5.55. The number of hydrogen-bond acceptors (Lipinski definition) is 5. The molecule has 4 aromatic rings. The standard InChI is InChI=1S/C20H19NO2.C19H16FNO/c1-20(2)12-18-17(19(22)13-20)10-9-15(21-18)8-7-14-5-4-6-16(11-14)23-3;1-19(2)11-17-16(18(22)12-19)9-8-15(21-17)7-6-13-4-3-5-14(20)10-13/h4-6,9-11H,12-13H2,1-3H3;3-5,8-10H,11-12H2,1-2H3. The van der Waals surface area contributed by atoms with Crippen LogP contribution in [0.2, 0.25) is 0 Å². The fourth-order valence-corrected chi connectivity index (χ4v) is 5.55. The van der Waals surface area contributed by atoms with E-state index in [4.69, 9.17) is 4.74 Å². The number of methoxy groups -OCH3 is 1. The molecule has 2 aromatic carbocycles. The molecule has 2 aliphatic carbocycles. The highest BCUT2D eigenvalue weighted by atomic mass is 19.1. The molecule has 0 spiro atoms. The summed E-state index contributed by atoms with van der Waals surface area (Å²) in [7, 11) is 1.64. The summed E-state index contributed by atoms with van der Waals surface area (Å²) in [5.41, 5.74) is 5.81. The average molecular weight is 599 g/mol. The number of rotatable bonds is 1. The van der Waals surface area contributed by atoms with E-state index < -0.39 is 0 Å². The van der Waals surface area contributed by atoms with Crippen molar-refractivity contribution in [1.82, 2.24) is 9.97 Å². The van der Waals surface area contributed by atoms with E-state index in [0.717, 1.165) is 41.1 Å². The first-order valence-corrected chi connectivity index (χ1v) is 14.9. The number of aromatic nitrogens is 2. The van der Waals surface area contributed by atoms with Crippen molar-refractivity contribution in [3.8, 4) is 29.4 Å². The number of Topliss-reactive ketones (excluding diaryl/α,β-unsaturated/α-hetero) is 2. The first kappa shape index (κ1) is 31.4. The topological polar surface area (TPSA) is 69.2 Å². The molecule has 0 saturated carbocycles. The van der Waals surface area contributed by atoms with Gasteiger partial charge in [-0.15, -0.1) is 0 Å². The Morgan fingerprint density at radius 2 is 1.13 bits per heavy atom. The highest BCUT2D eigenvalue weighted by molar-refractivity contribution is 5.99. The zero-order valence-corrected chi connectivity index (χ0v) is 26.3. The van der Waals surface area contributed by atoms with Crippen LogP contribution in [0.1, 0.15) is 95.2 Å². The first-order chi connectivity index (χ1) is 21.4. The van der Waals surface area contributed by atoms with Gasteiger partial charge in [0.05, 0.1) is 18.5 Å². The third-order valence-corrected chi connectivity index (χ3v) is 7.68. The lowest BCUT2D eigenvalue weighted by molar-refractivity contribution is 0.0900. The van der Waals surface area contributed by atoms with E-state index in [0.29, 0.717) is 35.4 Å². The van der Waals surface area contributed by atoms with Gasteiger partial charge < -0.3 is 4.74 Å². The Kier molecular flexibility index (Phi) is 8.98. The van der Waals surface area contributed by atoms with Gasteiger partial charge in [-0.3, -0.25) is 9.59 Å². The van der Waals surface area contributed by atoms with Crippen molar-refractivity contribution in [1.29, 1.82) is 0 Å². The van der Waals surface area contributed by atoms with Crippen LogP contribution in [0.5, 0.6) is 5.75 Å². The normalized spacial score (nSPS) is 15.5. The van der Waals surface area contributed by atoms with Crippen molar-refractivity contribution < 1.29 is 18.7 Å². The summed E-state index contributed by atoms with van der Waals surface area (Å²) in [5.74, 6) is 12.8. The predicted molar refractivity (Wildman–Crippen MR) is 173 cm³/mol. The second-order valence-corrected chi connectivity index (χ2v) is 13.0. The SMILES string of the molecule is CC1(C)CC(=O)c2ccc(C#Cc3cccc(F)c3)nc2C1.COc1cccc(C#Cc2ccc3c(n2)CC(C)(C)CC3=O)c1. The lowest BCUT2D eigenvalue weighted by atomic mass is 9.75. The van der Waals surface area contributed by atoms with Crippen LogP contribution in [0.4, 0.5) is 4.39 Å². The van der Waals surface area contributed by atoms with E-state index in [1.54, 1.807) is 31.4 Å². The van der Waals surface area contributed by atoms with E-state index in [1.807, 2.05) is 36.4 Å². The Hall–Kier alpha value is -5.07. The number of halogens is 1. The number of carbonyl (C=O) groups is 2. The first-order valence-electron chi connectivity index (χ1n) is 14.9. The van der Waals surface area contributed by atoms with Gasteiger partial charge in [0.2, 0.25) is 0 Å². The van der Waals surface area contributed by atoms with Crippen molar-refractivity contribution >= 4 is 11.6 Å². The lowest BCUT2D eigenvalue weighted by Crippen LogP contribution is -2.28. The van der Waals surface area contributed by atoms with Crippen molar-refractivity contribution in [2.75, 3.05) is 7.11 Å². The molecule has 2 aliphatic rings. The molecule has 226 valence electrons. The maximum Gasteiger partial charge on any atom is 0.165 e. The van der Waals surface area contributed by atoms with Gasteiger partial charge in [-0.25, -0.2) is 14.4 Å². The van der Waals surface area contributed by atoms with Crippen LogP contribution < -0.4 is 4.74 Å². The maximum atomic E-state index is 13.1. The highest BCUT2D eigenvalue weighted by Crippen LogP contribution is 2.34. The van der Waals surface area contributed by atoms with E-state index >= 15 is 0 Å². The van der Waals surface area contributed by atoms with Gasteiger partial charge >= 0.3 is 0 Å². The Morgan fingerprint density at radius 1 is 0.644 bits per heavy atom. The summed E-state index contributed by atoms with van der Waals surface area (Å²) in [5, 5.41) is 0. The van der Waals surface area contributed by atoms with Gasteiger partial charge in [-0.05, 0) is 96.2 Å². The van der Waals surface area contributed by atoms with Crippen LogP contribution >= 0.6 is 0 Å². The summed E-state index contributed by atoms with van der Waals surface area (Å²) in [6, 6.07) is 21.0. The largest absolute Gasteiger partial charge is 0.497 e. The van der Waals surface area contributed by atoms with Crippen molar-refractivity contribution in [2.24, 2.45) is 10.8 Å². The average Bonchev–Trinajstić information content (AvgIpc) is 2.98. The molecule has 0 saturated heterocycles. The van der Waals surface area contributed by atoms with Crippen LogP contribution in [0.15, 0.2) is 72.8 Å². The van der Waals surface area contributed by atoms with Gasteiger partial charge in [-0.1, -0.05) is 51.7 Å². The number of hydrogen-bond donors (Lipinski definition) is 0. The molecule has 0 atom stereocenters. The molecule has 5 nitrogen and oxygen atoms in total. The molecule has 2 heterocycles. The van der Waals surface area contributed by atoms with E-state index in [-0.39, 0.29) is 28.2 Å². The molecule has 2 aromatic heterocycles. The summed E-state index contributed by atoms with van der Waals surface area (Å²) >= 11 is 0. The second-order valence-electron chi connectivity index (χ2n) is 13.0. The van der Waals surface area contributed by atoms with Crippen molar-refractivity contribution in [3.05, 3.63) is 124 Å². The van der Waals surface area contributed by atoms with Crippen LogP contribution in [-0.4, -0.2) is 28.6 Å². The molecule has 0 fully saturated rings. The molecule has 0 aliphatic heterocycles. The third-order valence-electron chi connectivity index (χ3n) is 7.68. The fraction of sp³-hybridized carbons (Fsp3) is 0.282. The molecule has 0 amide bonds. The summed E-state index contributed by atoms with van der Waals surface area (Å²) in [4.78, 5) is 33.4. The van der Waals surface area contributed by atoms with Crippen molar-refractivity contribution in [2.45, 2.75) is 53.4 Å². The van der Waals surface area contributed by atoms with Crippen LogP contribution in [-0.2, 0) is 12.8 Å². The van der Waals surface area contributed by atoms with Gasteiger partial charge in [0.1, 0.15) is 23.0 Å². The number of fused-ring (bicyclic) bond motifs is 2. The van der Waals surface area contributed by atoms with Gasteiger partial charge in [-0.2, -0.15) is 0 Å². The minimum Gasteiger partial charge on any atom is -0.497 e. The second kappa shape index (κ2) is 12.9. The van der Waals surface area contributed by atoms with E-state index in [2.05, 4.69) is 61.3 Å². The van der Waals surface area contributed by atoms with Crippen LogP contribution in [0.3, 0.4) is 0 Å². The number of ketones is 2. The Balaban J connectivity index is 0.000000178. The zero-order valence-electron chi connectivity index (χ0n) is 26.3. The number of nitrogens with zero attached hydrogens (tertiary/aromatic N) is 2. The zero-order chi connectivity index (χ0) is 32.2. The van der Waals surface area contributed by atoms with Gasteiger partial charge in [0.25, 0.3) is 0 Å². The Bertz CT molecular complexity index is 1920. The molecule has 0 radical (unpaired) electrons. The molecule has 0 N–H and O–H groups in total. The minimum atomic E-state index is -0.308. The summed E-state index contributed by atoms with van der Waals surface area (Å²) < 4.78 is 18.3. The van der Waals surface area contributed by atoms with Crippen LogP contribution in [0, 0.1) is 40.3 Å². The van der Waals surface area contributed by atoms with Gasteiger partial charge in [0.15, 0.2) is 11.6 Å². The maximum absolute atomic E-state index is 13.1. The van der Waals surface area contributed by atoms with E-state index in [9.17, 15) is 14.0 Å². The molecular weight excluding hydrogens is 563 g/mol. The number of carbonyl (C=O) groups excluding carboxylic acids is 2. The smallest absolute Gasteiger partial charge is 0.165 e. The molecular formula is C39H35FN2O3.